The fourth-order valence-electron chi connectivity index (χ4n) is 5.29. The molecule has 1 unspecified atom stereocenters. The molecule has 0 saturated carbocycles. The Balaban J connectivity index is 1.78. The van der Waals surface area contributed by atoms with Gasteiger partial charge in [-0.2, -0.15) is 0 Å². The van der Waals surface area contributed by atoms with Crippen LogP contribution in [0.15, 0.2) is 64.8 Å². The van der Waals surface area contributed by atoms with E-state index in [1.54, 1.807) is 19.2 Å². The molecule has 1 fully saturated rings. The van der Waals surface area contributed by atoms with Crippen molar-refractivity contribution in [2.45, 2.75) is 46.2 Å². The summed E-state index contributed by atoms with van der Waals surface area (Å²) in [6.07, 6.45) is 1.53. The van der Waals surface area contributed by atoms with Crippen molar-refractivity contribution in [3.8, 4) is 5.75 Å². The van der Waals surface area contributed by atoms with Gasteiger partial charge in [0.15, 0.2) is 0 Å². The third-order valence-corrected chi connectivity index (χ3v) is 7.12. The highest BCUT2D eigenvalue weighted by molar-refractivity contribution is 6.46. The summed E-state index contributed by atoms with van der Waals surface area (Å²) in [6, 6.07) is 14.2. The van der Waals surface area contributed by atoms with E-state index in [0.29, 0.717) is 17.1 Å². The number of aryl methyl sites for hydroxylation is 2. The fraction of sp³-hybridized carbons (Fsp3) is 0.267. The van der Waals surface area contributed by atoms with E-state index >= 15 is 0 Å². The van der Waals surface area contributed by atoms with Crippen molar-refractivity contribution < 1.29 is 23.8 Å². The molecule has 7 heteroatoms. The van der Waals surface area contributed by atoms with Gasteiger partial charge in [-0.15, -0.1) is 0 Å². The molecular weight excluding hydrogens is 468 g/mol. The molecule has 2 aromatic carbocycles. The molecule has 4 aromatic rings. The number of hydrogen-bond acceptors (Lipinski definition) is 5. The molecule has 0 aliphatic carbocycles. The summed E-state index contributed by atoms with van der Waals surface area (Å²) in [4.78, 5) is 31.9. The van der Waals surface area contributed by atoms with E-state index < -0.39 is 17.7 Å². The number of furan rings is 1. The first-order valence-electron chi connectivity index (χ1n) is 12.3. The van der Waals surface area contributed by atoms with Crippen molar-refractivity contribution in [2.24, 2.45) is 0 Å². The Morgan fingerprint density at radius 1 is 1.14 bits per heavy atom. The van der Waals surface area contributed by atoms with Crippen LogP contribution >= 0.6 is 0 Å². The molecule has 2 aromatic heterocycles. The Morgan fingerprint density at radius 2 is 1.89 bits per heavy atom. The van der Waals surface area contributed by atoms with Gasteiger partial charge < -0.3 is 24.1 Å². The van der Waals surface area contributed by atoms with Crippen LogP contribution in [-0.2, 0) is 16.1 Å². The lowest BCUT2D eigenvalue weighted by molar-refractivity contribution is -0.140. The Labute approximate surface area is 215 Å². The van der Waals surface area contributed by atoms with Crippen LogP contribution in [0.2, 0.25) is 0 Å². The van der Waals surface area contributed by atoms with Gasteiger partial charge in [0.25, 0.3) is 11.7 Å². The molecule has 1 atom stereocenters. The number of Topliss-reactive ketones (excluding diaryl/α,β-unsaturated/α-hetero) is 1. The predicted molar refractivity (Wildman–Crippen MR) is 141 cm³/mol. The predicted octanol–water partition coefficient (Wildman–Crippen LogP) is 6.13. The number of H-pyrrole nitrogens is 1. The minimum atomic E-state index is -0.801. The van der Waals surface area contributed by atoms with Crippen LogP contribution in [0.1, 0.15) is 59.5 Å². The second-order valence-electron chi connectivity index (χ2n) is 9.78. The number of aliphatic hydroxyl groups excluding tert-OH is 1. The van der Waals surface area contributed by atoms with E-state index in [1.807, 2.05) is 64.1 Å². The van der Waals surface area contributed by atoms with E-state index in [9.17, 15) is 14.7 Å². The van der Waals surface area contributed by atoms with Gasteiger partial charge in [-0.3, -0.25) is 9.59 Å². The molecule has 5 rings (SSSR count). The molecule has 0 bridgehead atoms. The monoisotopic (exact) mass is 498 g/mol. The zero-order valence-electron chi connectivity index (χ0n) is 21.6. The van der Waals surface area contributed by atoms with Gasteiger partial charge >= 0.3 is 0 Å². The molecule has 0 radical (unpaired) electrons. The summed E-state index contributed by atoms with van der Waals surface area (Å²) in [5.41, 5.74) is 4.69. The van der Waals surface area contributed by atoms with E-state index in [1.165, 1.54) is 11.2 Å². The lowest BCUT2D eigenvalue weighted by Gasteiger charge is -2.25. The van der Waals surface area contributed by atoms with Gasteiger partial charge in [0.1, 0.15) is 17.3 Å². The minimum absolute atomic E-state index is 0.0624. The first-order valence-corrected chi connectivity index (χ1v) is 12.3. The average molecular weight is 499 g/mol. The highest BCUT2D eigenvalue weighted by Crippen LogP contribution is 2.45. The quantitative estimate of drug-likeness (QED) is 0.189. The zero-order valence-corrected chi connectivity index (χ0v) is 21.6. The lowest BCUT2D eigenvalue weighted by Crippen LogP contribution is -2.29. The van der Waals surface area contributed by atoms with Gasteiger partial charge in [0.05, 0.1) is 31.5 Å². The Kier molecular flexibility index (Phi) is 6.15. The third-order valence-electron chi connectivity index (χ3n) is 7.12. The van der Waals surface area contributed by atoms with Crippen molar-refractivity contribution in [2.75, 3.05) is 7.11 Å². The largest absolute Gasteiger partial charge is 0.507 e. The molecule has 1 aliphatic rings. The molecule has 2 N–H and O–H groups in total. The summed E-state index contributed by atoms with van der Waals surface area (Å²) in [5.74, 6) is -0.214. The molecule has 1 saturated heterocycles. The SMILES string of the molecule is COc1cc(C)c(/C(O)=C2\C(=O)C(=O)N(Cc3ccco3)C2c2c(C)[nH]c3ccccc23)cc1C(C)C. The maximum atomic E-state index is 13.6. The molecule has 1 amide bonds. The first kappa shape index (κ1) is 24.4. The van der Waals surface area contributed by atoms with Crippen molar-refractivity contribution in [1.82, 2.24) is 9.88 Å². The summed E-state index contributed by atoms with van der Waals surface area (Å²) in [6.45, 7) is 7.93. The fourth-order valence-corrected chi connectivity index (χ4v) is 5.29. The number of rotatable bonds is 6. The van der Waals surface area contributed by atoms with Gasteiger partial charge in [-0.25, -0.2) is 0 Å². The number of ketones is 1. The topological polar surface area (TPSA) is 95.8 Å². The number of nitrogens with one attached hydrogen (secondary N) is 1. The van der Waals surface area contributed by atoms with E-state index in [0.717, 1.165) is 33.3 Å². The molecule has 190 valence electrons. The number of aromatic nitrogens is 1. The molecule has 1 aliphatic heterocycles. The third kappa shape index (κ3) is 4.00. The number of carbonyl (C=O) groups is 2. The summed E-state index contributed by atoms with van der Waals surface area (Å²) < 4.78 is 11.1. The summed E-state index contributed by atoms with van der Waals surface area (Å²) in [5, 5.41) is 12.6. The zero-order chi connectivity index (χ0) is 26.4. The Morgan fingerprint density at radius 3 is 2.57 bits per heavy atom. The molecule has 7 nitrogen and oxygen atoms in total. The van der Waals surface area contributed by atoms with E-state index in [2.05, 4.69) is 4.98 Å². The van der Waals surface area contributed by atoms with Gasteiger partial charge in [-0.05, 0) is 61.2 Å². The van der Waals surface area contributed by atoms with Crippen LogP contribution in [0, 0.1) is 13.8 Å². The second kappa shape index (κ2) is 9.32. The Bertz CT molecular complexity index is 1540. The maximum Gasteiger partial charge on any atom is 0.296 e. The van der Waals surface area contributed by atoms with E-state index in [4.69, 9.17) is 9.15 Å². The molecule has 0 spiro atoms. The number of para-hydroxylation sites is 1. The van der Waals surface area contributed by atoms with Gasteiger partial charge in [0, 0.05) is 27.7 Å². The Hall–Kier alpha value is -4.26. The van der Waals surface area contributed by atoms with Crippen LogP contribution in [0.4, 0.5) is 0 Å². The smallest absolute Gasteiger partial charge is 0.296 e. The summed E-state index contributed by atoms with van der Waals surface area (Å²) in [7, 11) is 1.61. The number of likely N-dealkylation sites (tertiary alicyclic amines) is 1. The molecule has 3 heterocycles. The number of nitrogens with zero attached hydrogens (tertiary/aromatic N) is 1. The van der Waals surface area contributed by atoms with Gasteiger partial charge in [0.2, 0.25) is 0 Å². The first-order chi connectivity index (χ1) is 17.7. The number of hydrogen-bond donors (Lipinski definition) is 2. The van der Waals surface area contributed by atoms with Crippen molar-refractivity contribution in [3.63, 3.8) is 0 Å². The summed E-state index contributed by atoms with van der Waals surface area (Å²) >= 11 is 0. The van der Waals surface area contributed by atoms with Crippen LogP contribution in [0.25, 0.3) is 16.7 Å². The van der Waals surface area contributed by atoms with E-state index in [-0.39, 0.29) is 23.8 Å². The van der Waals surface area contributed by atoms with Crippen LogP contribution in [0.3, 0.4) is 0 Å². The van der Waals surface area contributed by atoms with Crippen molar-refractivity contribution in [3.05, 3.63) is 94.1 Å². The van der Waals surface area contributed by atoms with Crippen molar-refractivity contribution >= 4 is 28.4 Å². The number of ether oxygens (including phenoxy) is 1. The van der Waals surface area contributed by atoms with Crippen molar-refractivity contribution in [1.29, 1.82) is 0 Å². The maximum absolute atomic E-state index is 13.6. The standard InChI is InChI=1S/C30H30N2O5/c1-16(2)21-14-22(17(3)13-24(21)36-5)28(33)26-27(25-18(4)31-23-11-7-6-10-20(23)25)32(30(35)29(26)34)15-19-9-8-12-37-19/h6-14,16,27,31,33H,15H2,1-5H3/b28-26+. The number of fused-ring (bicyclic) bond motifs is 1. The number of carbonyl (C=O) groups excluding carboxylic acids is 2. The molecule has 37 heavy (non-hydrogen) atoms. The number of aromatic amines is 1. The lowest BCUT2D eigenvalue weighted by atomic mass is 9.90. The number of aliphatic hydroxyl groups is 1. The van der Waals surface area contributed by atoms with Crippen LogP contribution in [-0.4, -0.2) is 33.8 Å². The minimum Gasteiger partial charge on any atom is -0.507 e. The highest BCUT2D eigenvalue weighted by atomic mass is 16.5. The number of benzene rings is 2. The van der Waals surface area contributed by atoms with Gasteiger partial charge in [-0.1, -0.05) is 32.0 Å². The molecular formula is C30H30N2O5. The second-order valence-corrected chi connectivity index (χ2v) is 9.78. The van der Waals surface area contributed by atoms with Crippen LogP contribution in [0.5, 0.6) is 5.75 Å². The highest BCUT2D eigenvalue weighted by Gasteiger charge is 2.48. The normalized spacial score (nSPS) is 17.4. The average Bonchev–Trinajstić information content (AvgIpc) is 3.56. The number of methoxy groups -OCH3 is 1. The van der Waals surface area contributed by atoms with Crippen LogP contribution < -0.4 is 4.74 Å². The number of amides is 1.